The Morgan fingerprint density at radius 1 is 1.45 bits per heavy atom. The Morgan fingerprint density at radius 3 is 2.85 bits per heavy atom. The van der Waals surface area contributed by atoms with Gasteiger partial charge in [0.2, 0.25) is 0 Å². The van der Waals surface area contributed by atoms with Gasteiger partial charge in [0, 0.05) is 13.7 Å². The molecule has 0 N–H and O–H groups in total. The van der Waals surface area contributed by atoms with Gasteiger partial charge in [0.25, 0.3) is 0 Å². The number of hydrazone groups is 1. The highest BCUT2D eigenvalue weighted by Crippen LogP contribution is 2.26. The van der Waals surface area contributed by atoms with Crippen LogP contribution in [-0.4, -0.2) is 55.5 Å². The third-order valence-corrected chi connectivity index (χ3v) is 3.87. The zero-order valence-corrected chi connectivity index (χ0v) is 13.4. The van der Waals surface area contributed by atoms with E-state index in [1.54, 1.807) is 7.11 Å². The zero-order chi connectivity index (χ0) is 14.8. The summed E-state index contributed by atoms with van der Waals surface area (Å²) in [5.74, 6) is -0.134. The molecule has 2 rings (SSSR count). The molecule has 0 unspecified atom stereocenters. The largest absolute Gasteiger partial charge is 0.382 e. The van der Waals surface area contributed by atoms with Crippen molar-refractivity contribution in [3.05, 3.63) is 0 Å². The van der Waals surface area contributed by atoms with Crippen LogP contribution >= 0.6 is 0 Å². The predicted molar refractivity (Wildman–Crippen MR) is 78.8 cm³/mol. The highest BCUT2D eigenvalue weighted by atomic mass is 16.7. The van der Waals surface area contributed by atoms with Crippen molar-refractivity contribution in [2.45, 2.75) is 58.5 Å². The number of rotatable bonds is 4. The molecule has 0 radical (unpaired) electrons. The third kappa shape index (κ3) is 3.71. The molecule has 5 heteroatoms. The van der Waals surface area contributed by atoms with Crippen LogP contribution in [0.4, 0.5) is 0 Å². The number of nitrogens with zero attached hydrogens (tertiary/aromatic N) is 2. The van der Waals surface area contributed by atoms with Crippen LogP contribution in [0.5, 0.6) is 0 Å². The fourth-order valence-corrected chi connectivity index (χ4v) is 2.82. The smallest absolute Gasteiger partial charge is 0.164 e. The van der Waals surface area contributed by atoms with Gasteiger partial charge in [0.05, 0.1) is 25.0 Å². The summed E-state index contributed by atoms with van der Waals surface area (Å²) in [5, 5.41) is 6.98. The van der Waals surface area contributed by atoms with Crippen LogP contribution in [0.1, 0.15) is 40.5 Å². The molecule has 0 aromatic rings. The van der Waals surface area contributed by atoms with Crippen molar-refractivity contribution in [1.29, 1.82) is 0 Å². The summed E-state index contributed by atoms with van der Waals surface area (Å²) in [4.78, 5) is 0. The lowest BCUT2D eigenvalue weighted by Gasteiger charge is -2.39. The van der Waals surface area contributed by atoms with E-state index in [0.29, 0.717) is 18.6 Å². The highest BCUT2D eigenvalue weighted by Gasteiger charge is 2.36. The molecule has 0 aliphatic carbocycles. The Morgan fingerprint density at radius 2 is 2.20 bits per heavy atom. The molecule has 2 fully saturated rings. The maximum atomic E-state index is 6.04. The molecular formula is C15H28N2O3. The fourth-order valence-electron chi connectivity index (χ4n) is 2.82. The second kappa shape index (κ2) is 6.41. The lowest BCUT2D eigenvalue weighted by atomic mass is 10.0. The molecule has 2 aliphatic heterocycles. The van der Waals surface area contributed by atoms with Gasteiger partial charge in [-0.15, -0.1) is 0 Å². The lowest BCUT2D eigenvalue weighted by molar-refractivity contribution is -0.241. The van der Waals surface area contributed by atoms with E-state index in [0.717, 1.165) is 25.3 Å². The fraction of sp³-hybridized carbons (Fsp3) is 0.933. The zero-order valence-electron chi connectivity index (χ0n) is 13.4. The van der Waals surface area contributed by atoms with Gasteiger partial charge in [-0.1, -0.05) is 13.8 Å². The lowest BCUT2D eigenvalue weighted by Crippen LogP contribution is -2.49. The number of hydrogen-bond donors (Lipinski definition) is 0. The summed E-state index contributed by atoms with van der Waals surface area (Å²) in [7, 11) is 1.75. The number of methoxy groups -OCH3 is 1. The molecule has 5 nitrogen and oxygen atoms in total. The molecule has 0 aromatic carbocycles. The van der Waals surface area contributed by atoms with E-state index in [2.05, 4.69) is 18.9 Å². The summed E-state index contributed by atoms with van der Waals surface area (Å²) in [6.07, 6.45) is 2.34. The highest BCUT2D eigenvalue weighted by molar-refractivity contribution is 5.90. The molecule has 20 heavy (non-hydrogen) atoms. The SMILES string of the molecule is COC[C@@H]1CCCN1/N=C1\COC(C)(C)O[C@H]1C(C)C. The van der Waals surface area contributed by atoms with Crippen LogP contribution in [0.3, 0.4) is 0 Å². The molecule has 0 saturated carbocycles. The molecule has 2 saturated heterocycles. The number of hydrogen-bond acceptors (Lipinski definition) is 5. The first-order valence-corrected chi connectivity index (χ1v) is 7.57. The van der Waals surface area contributed by atoms with Gasteiger partial charge in [-0.2, -0.15) is 5.10 Å². The monoisotopic (exact) mass is 284 g/mol. The van der Waals surface area contributed by atoms with Crippen molar-refractivity contribution < 1.29 is 14.2 Å². The molecule has 2 heterocycles. The average molecular weight is 284 g/mol. The summed E-state index contributed by atoms with van der Waals surface area (Å²) >= 11 is 0. The van der Waals surface area contributed by atoms with Gasteiger partial charge in [-0.05, 0) is 32.6 Å². The van der Waals surface area contributed by atoms with E-state index in [-0.39, 0.29) is 6.10 Å². The Balaban J connectivity index is 2.10. The predicted octanol–water partition coefficient (Wildman–Crippen LogP) is 2.26. The van der Waals surface area contributed by atoms with E-state index in [1.165, 1.54) is 6.42 Å². The topological polar surface area (TPSA) is 43.3 Å². The molecule has 0 spiro atoms. The average Bonchev–Trinajstić information content (AvgIpc) is 2.79. The Bertz CT molecular complexity index is 355. The minimum atomic E-state index is -0.523. The van der Waals surface area contributed by atoms with Crippen molar-refractivity contribution in [3.8, 4) is 0 Å². The maximum absolute atomic E-state index is 6.04. The molecule has 2 atom stereocenters. The normalized spacial score (nSPS) is 32.3. The van der Waals surface area contributed by atoms with Crippen molar-refractivity contribution >= 4 is 5.71 Å². The summed E-state index contributed by atoms with van der Waals surface area (Å²) in [5.41, 5.74) is 1.00. The first-order chi connectivity index (χ1) is 9.43. The van der Waals surface area contributed by atoms with Gasteiger partial charge in [-0.25, -0.2) is 0 Å². The molecule has 0 amide bonds. The minimum Gasteiger partial charge on any atom is -0.382 e. The Kier molecular flexibility index (Phi) is 5.04. The minimum absolute atomic E-state index is 0.0301. The first kappa shape index (κ1) is 15.7. The Hall–Kier alpha value is -0.650. The molecular weight excluding hydrogens is 256 g/mol. The van der Waals surface area contributed by atoms with E-state index in [4.69, 9.17) is 19.3 Å². The maximum Gasteiger partial charge on any atom is 0.164 e. The van der Waals surface area contributed by atoms with Crippen LogP contribution in [0, 0.1) is 5.92 Å². The third-order valence-electron chi connectivity index (χ3n) is 3.87. The van der Waals surface area contributed by atoms with Crippen molar-refractivity contribution in [3.63, 3.8) is 0 Å². The van der Waals surface area contributed by atoms with Crippen LogP contribution in [0.25, 0.3) is 0 Å². The Labute approximate surface area is 122 Å². The van der Waals surface area contributed by atoms with Crippen molar-refractivity contribution in [2.75, 3.05) is 26.9 Å². The van der Waals surface area contributed by atoms with Gasteiger partial charge in [0.1, 0.15) is 6.10 Å². The standard InChI is InChI=1S/C15H28N2O3/c1-11(2)14-13(10-19-15(3,4)20-14)16-17-8-6-7-12(17)9-18-5/h11-12,14H,6-10H2,1-5H3/b16-13+/t12-,14-/m0/s1. The second-order valence-electron chi connectivity index (χ2n) is 6.48. The van der Waals surface area contributed by atoms with Crippen LogP contribution in [-0.2, 0) is 14.2 Å². The van der Waals surface area contributed by atoms with E-state index in [9.17, 15) is 0 Å². The van der Waals surface area contributed by atoms with Crippen LogP contribution in [0.2, 0.25) is 0 Å². The molecule has 0 bridgehead atoms. The quantitative estimate of drug-likeness (QED) is 0.794. The molecule has 2 aliphatic rings. The van der Waals surface area contributed by atoms with E-state index < -0.39 is 5.79 Å². The van der Waals surface area contributed by atoms with Crippen LogP contribution < -0.4 is 0 Å². The van der Waals surface area contributed by atoms with Gasteiger partial charge in [0.15, 0.2) is 5.79 Å². The molecule has 116 valence electrons. The van der Waals surface area contributed by atoms with Gasteiger partial charge >= 0.3 is 0 Å². The van der Waals surface area contributed by atoms with Crippen molar-refractivity contribution in [1.82, 2.24) is 5.01 Å². The van der Waals surface area contributed by atoms with Crippen LogP contribution in [0.15, 0.2) is 5.10 Å². The van der Waals surface area contributed by atoms with E-state index >= 15 is 0 Å². The van der Waals surface area contributed by atoms with Gasteiger partial charge < -0.3 is 14.2 Å². The van der Waals surface area contributed by atoms with Crippen molar-refractivity contribution in [2.24, 2.45) is 11.0 Å². The van der Waals surface area contributed by atoms with Gasteiger partial charge in [-0.3, -0.25) is 5.01 Å². The van der Waals surface area contributed by atoms with E-state index in [1.807, 2.05) is 13.8 Å². The number of ether oxygens (including phenoxy) is 3. The summed E-state index contributed by atoms with van der Waals surface area (Å²) < 4.78 is 17.1. The first-order valence-electron chi connectivity index (χ1n) is 7.57. The summed E-state index contributed by atoms with van der Waals surface area (Å²) in [6, 6.07) is 0.384. The molecule has 0 aromatic heterocycles. The second-order valence-corrected chi connectivity index (χ2v) is 6.48. The summed E-state index contributed by atoms with van der Waals surface area (Å²) in [6.45, 7) is 10.5.